The van der Waals surface area contributed by atoms with Gasteiger partial charge in [0, 0.05) is 17.1 Å². The number of nitrogens with zero attached hydrogens (tertiary/aromatic N) is 3. The zero-order valence-corrected chi connectivity index (χ0v) is 21.5. The number of hydrogen-bond donors (Lipinski definition) is 2. The Kier molecular flexibility index (Phi) is 8.21. The van der Waals surface area contributed by atoms with E-state index in [0.717, 1.165) is 0 Å². The van der Waals surface area contributed by atoms with Gasteiger partial charge >= 0.3 is 0 Å². The number of para-hydroxylation sites is 1. The third-order valence-corrected chi connectivity index (χ3v) is 6.44. The second-order valence-electron chi connectivity index (χ2n) is 8.78. The van der Waals surface area contributed by atoms with Gasteiger partial charge in [0.1, 0.15) is 5.82 Å². The molecule has 0 spiro atoms. The maximum Gasteiger partial charge on any atom is 0.280 e. The number of benzene rings is 3. The minimum atomic E-state index is -0.586. The molecule has 4 aromatic rings. The van der Waals surface area contributed by atoms with Crippen LogP contribution in [-0.2, 0) is 0 Å². The quantitative estimate of drug-likeness (QED) is 0.311. The average Bonchev–Trinajstić information content (AvgIpc) is 2.90. The summed E-state index contributed by atoms with van der Waals surface area (Å²) in [6.07, 6.45) is 1.00. The maximum atomic E-state index is 13.9. The highest BCUT2D eigenvalue weighted by atomic mass is 35.5. The van der Waals surface area contributed by atoms with Crippen molar-refractivity contribution in [2.45, 2.75) is 32.7 Å². The number of nitrogens with one attached hydrogen (secondary N) is 1. The minimum absolute atomic E-state index is 0.296. The smallest absolute Gasteiger partial charge is 0.280 e. The number of anilines is 1. The highest BCUT2D eigenvalue weighted by Crippen LogP contribution is 2.27. The number of amides is 1. The van der Waals surface area contributed by atoms with Crippen LogP contribution >= 0.6 is 11.6 Å². The standard InChI is InChI=1S/C28H29ClFN5O2/c1-3-25(34(15-7-14-31)27(36)19-10-13-23(30)18(2)16-19)26-32-24-17-20(29)11-12-22(24)28(37)35(26)33-21-8-5-4-6-9-21/h4-6,8-13,16-17,25,33H,3,7,14-15,31H2,1-2H3. The molecule has 0 aliphatic heterocycles. The van der Waals surface area contributed by atoms with Crippen LogP contribution in [0.5, 0.6) is 0 Å². The SMILES string of the molecule is CCC(c1nc2cc(Cl)ccc2c(=O)n1Nc1ccccc1)N(CCCN)C(=O)c1ccc(F)c(C)c1. The Labute approximate surface area is 219 Å². The zero-order valence-electron chi connectivity index (χ0n) is 20.7. The fraction of sp³-hybridized carbons (Fsp3) is 0.250. The summed E-state index contributed by atoms with van der Waals surface area (Å²) in [5, 5.41) is 0.838. The van der Waals surface area contributed by atoms with Crippen molar-refractivity contribution in [1.29, 1.82) is 0 Å². The van der Waals surface area contributed by atoms with E-state index in [1.807, 2.05) is 37.3 Å². The summed E-state index contributed by atoms with van der Waals surface area (Å²) < 4.78 is 15.3. The summed E-state index contributed by atoms with van der Waals surface area (Å²) >= 11 is 6.22. The molecular weight excluding hydrogens is 493 g/mol. The molecule has 0 bridgehead atoms. The first-order chi connectivity index (χ1) is 17.8. The zero-order chi connectivity index (χ0) is 26.5. The van der Waals surface area contributed by atoms with E-state index < -0.39 is 6.04 Å². The molecule has 4 rings (SSSR count). The number of nitrogens with two attached hydrogens (primary N) is 1. The van der Waals surface area contributed by atoms with Gasteiger partial charge in [-0.1, -0.05) is 36.7 Å². The predicted octanol–water partition coefficient (Wildman–Crippen LogP) is 5.31. The summed E-state index contributed by atoms with van der Waals surface area (Å²) in [5.41, 5.74) is 10.5. The molecule has 1 amide bonds. The molecule has 0 radical (unpaired) electrons. The number of halogens is 2. The molecule has 3 N–H and O–H groups in total. The largest absolute Gasteiger partial charge is 0.330 e. The Balaban J connectivity index is 1.89. The van der Waals surface area contributed by atoms with Gasteiger partial charge in [-0.3, -0.25) is 15.0 Å². The number of rotatable bonds is 9. The molecule has 37 heavy (non-hydrogen) atoms. The van der Waals surface area contributed by atoms with Crippen LogP contribution in [0.4, 0.5) is 10.1 Å². The molecule has 7 nitrogen and oxygen atoms in total. The molecule has 9 heteroatoms. The van der Waals surface area contributed by atoms with Crippen LogP contribution in [0, 0.1) is 12.7 Å². The van der Waals surface area contributed by atoms with E-state index in [-0.39, 0.29) is 17.3 Å². The maximum absolute atomic E-state index is 13.9. The second kappa shape index (κ2) is 11.5. The van der Waals surface area contributed by atoms with Crippen LogP contribution in [0.1, 0.15) is 47.6 Å². The molecule has 0 saturated heterocycles. The van der Waals surface area contributed by atoms with Gasteiger partial charge in [-0.15, -0.1) is 0 Å². The van der Waals surface area contributed by atoms with Crippen molar-refractivity contribution in [3.8, 4) is 0 Å². The van der Waals surface area contributed by atoms with Gasteiger partial charge in [-0.05, 0) is 80.4 Å². The van der Waals surface area contributed by atoms with E-state index in [1.165, 1.54) is 22.9 Å². The monoisotopic (exact) mass is 521 g/mol. The van der Waals surface area contributed by atoms with Gasteiger partial charge in [-0.2, -0.15) is 0 Å². The Morgan fingerprint density at radius 3 is 2.59 bits per heavy atom. The van der Waals surface area contributed by atoms with Crippen LogP contribution in [0.15, 0.2) is 71.5 Å². The highest BCUT2D eigenvalue weighted by molar-refractivity contribution is 6.31. The summed E-state index contributed by atoms with van der Waals surface area (Å²) in [4.78, 5) is 33.9. The van der Waals surface area contributed by atoms with Gasteiger partial charge in [0.25, 0.3) is 11.5 Å². The average molecular weight is 522 g/mol. The van der Waals surface area contributed by atoms with Crippen LogP contribution in [-0.4, -0.2) is 33.6 Å². The van der Waals surface area contributed by atoms with Crippen LogP contribution < -0.4 is 16.7 Å². The molecule has 192 valence electrons. The molecule has 0 aliphatic carbocycles. The van der Waals surface area contributed by atoms with E-state index in [9.17, 15) is 14.0 Å². The number of aryl methyl sites for hydroxylation is 1. The lowest BCUT2D eigenvalue weighted by molar-refractivity contribution is 0.0657. The molecule has 1 unspecified atom stereocenters. The number of hydrogen-bond acceptors (Lipinski definition) is 5. The molecular formula is C28H29ClFN5O2. The number of carbonyl (C=O) groups is 1. The van der Waals surface area contributed by atoms with Crippen molar-refractivity contribution in [2.24, 2.45) is 5.73 Å². The fourth-order valence-corrected chi connectivity index (χ4v) is 4.46. The second-order valence-corrected chi connectivity index (χ2v) is 9.22. The first-order valence-electron chi connectivity index (χ1n) is 12.2. The number of fused-ring (bicyclic) bond motifs is 1. The molecule has 3 aromatic carbocycles. The fourth-order valence-electron chi connectivity index (χ4n) is 4.30. The van der Waals surface area contributed by atoms with Crippen molar-refractivity contribution in [1.82, 2.24) is 14.6 Å². The van der Waals surface area contributed by atoms with Gasteiger partial charge < -0.3 is 10.6 Å². The molecule has 0 saturated carbocycles. The van der Waals surface area contributed by atoms with E-state index in [2.05, 4.69) is 5.43 Å². The molecule has 0 aliphatic rings. The van der Waals surface area contributed by atoms with Crippen LogP contribution in [0.2, 0.25) is 5.02 Å². The van der Waals surface area contributed by atoms with E-state index in [0.29, 0.717) is 64.5 Å². The topological polar surface area (TPSA) is 93.2 Å². The van der Waals surface area contributed by atoms with Crippen molar-refractivity contribution < 1.29 is 9.18 Å². The first kappa shape index (κ1) is 26.3. The number of aromatic nitrogens is 2. The Morgan fingerprint density at radius 1 is 1.16 bits per heavy atom. The predicted molar refractivity (Wildman–Crippen MR) is 145 cm³/mol. The van der Waals surface area contributed by atoms with E-state index in [4.69, 9.17) is 22.3 Å². The lowest BCUT2D eigenvalue weighted by atomic mass is 10.1. The van der Waals surface area contributed by atoms with Crippen LogP contribution in [0.25, 0.3) is 10.9 Å². The van der Waals surface area contributed by atoms with Crippen molar-refractivity contribution >= 4 is 34.1 Å². The van der Waals surface area contributed by atoms with E-state index >= 15 is 0 Å². The summed E-state index contributed by atoms with van der Waals surface area (Å²) in [7, 11) is 0. The lowest BCUT2D eigenvalue weighted by Crippen LogP contribution is -2.41. The summed E-state index contributed by atoms with van der Waals surface area (Å²) in [6, 6.07) is 17.9. The van der Waals surface area contributed by atoms with Gasteiger partial charge in [0.2, 0.25) is 0 Å². The van der Waals surface area contributed by atoms with E-state index in [1.54, 1.807) is 30.0 Å². The minimum Gasteiger partial charge on any atom is -0.330 e. The lowest BCUT2D eigenvalue weighted by Gasteiger charge is -2.32. The van der Waals surface area contributed by atoms with Crippen LogP contribution in [0.3, 0.4) is 0 Å². The van der Waals surface area contributed by atoms with Crippen molar-refractivity contribution in [2.75, 3.05) is 18.5 Å². The summed E-state index contributed by atoms with van der Waals surface area (Å²) in [5.74, 6) is -0.323. The molecule has 1 aromatic heterocycles. The van der Waals surface area contributed by atoms with Crippen molar-refractivity contribution in [3.63, 3.8) is 0 Å². The third kappa shape index (κ3) is 5.65. The number of carbonyl (C=O) groups excluding carboxylic acids is 1. The van der Waals surface area contributed by atoms with Gasteiger partial charge in [0.05, 0.1) is 22.6 Å². The normalized spacial score (nSPS) is 11.9. The Hall–Kier alpha value is -3.75. The highest BCUT2D eigenvalue weighted by Gasteiger charge is 2.29. The van der Waals surface area contributed by atoms with Crippen molar-refractivity contribution in [3.05, 3.63) is 105 Å². The van der Waals surface area contributed by atoms with Gasteiger partial charge in [-0.25, -0.2) is 14.1 Å². The Morgan fingerprint density at radius 2 is 1.92 bits per heavy atom. The molecule has 1 atom stereocenters. The van der Waals surface area contributed by atoms with Gasteiger partial charge in [0.15, 0.2) is 5.82 Å². The summed E-state index contributed by atoms with van der Waals surface area (Å²) in [6.45, 7) is 4.24. The molecule has 0 fully saturated rings. The first-order valence-corrected chi connectivity index (χ1v) is 12.5. The third-order valence-electron chi connectivity index (χ3n) is 6.20. The molecule has 1 heterocycles. The Bertz CT molecular complexity index is 1480.